The molecule has 1 aliphatic rings. The highest BCUT2D eigenvalue weighted by molar-refractivity contribution is 7.99. The van der Waals surface area contributed by atoms with Gasteiger partial charge in [-0.1, -0.05) is 36.0 Å². The number of fused-ring (bicyclic) bond motifs is 1. The number of aliphatic carboxylic acids is 2. The van der Waals surface area contributed by atoms with Crippen LogP contribution < -0.4 is 5.32 Å². The molecule has 0 radical (unpaired) electrons. The minimum Gasteiger partial charge on any atom is -0.473 e. The summed E-state index contributed by atoms with van der Waals surface area (Å²) in [6.45, 7) is 4.67. The average Bonchev–Trinajstić information content (AvgIpc) is 3.28. The summed E-state index contributed by atoms with van der Waals surface area (Å²) < 4.78 is 15.6. The van der Waals surface area contributed by atoms with Crippen molar-refractivity contribution in [2.75, 3.05) is 31.5 Å². The monoisotopic (exact) mass is 552 g/mol. The van der Waals surface area contributed by atoms with Crippen molar-refractivity contribution < 1.29 is 24.2 Å². The largest absolute Gasteiger partial charge is 0.473 e. The lowest BCUT2D eigenvalue weighted by Gasteiger charge is -2.31. The van der Waals surface area contributed by atoms with Crippen molar-refractivity contribution in [3.8, 4) is 0 Å². The number of para-hydroxylation sites is 2. The van der Waals surface area contributed by atoms with Crippen LogP contribution >= 0.6 is 11.8 Å². The molecule has 0 bridgehead atoms. The summed E-state index contributed by atoms with van der Waals surface area (Å²) in [6, 6.07) is 16.8. The highest BCUT2D eigenvalue weighted by atomic mass is 32.2. The molecule has 204 valence electrons. The van der Waals surface area contributed by atoms with Crippen LogP contribution in [0.4, 0.5) is 10.3 Å². The second kappa shape index (κ2) is 13.7. The predicted molar refractivity (Wildman–Crippen MR) is 146 cm³/mol. The number of imidazole rings is 1. The first kappa shape index (κ1) is 28.0. The fourth-order valence-corrected chi connectivity index (χ4v) is 5.37. The standard InChI is InChI=1S/C25H27FN6S.C2H2O4/c26-20-8-6-19(7-9-20)18-32-23-5-2-1-4-22(23)30-25(32)33-21-10-15-31(16-11-21)17-14-29-24-27-12-3-13-28-24;3-1(4)2(5)6/h1-9,12-13,21H,10-11,14-18H2,(H,27,28,29);(H,3,4)(H,5,6). The number of rotatable bonds is 8. The van der Waals surface area contributed by atoms with Crippen LogP contribution in [-0.2, 0) is 16.1 Å². The van der Waals surface area contributed by atoms with Gasteiger partial charge in [-0.05, 0) is 61.8 Å². The smallest absolute Gasteiger partial charge is 0.414 e. The third kappa shape index (κ3) is 8.23. The van der Waals surface area contributed by atoms with Crippen molar-refractivity contribution in [2.24, 2.45) is 0 Å². The number of halogens is 1. The van der Waals surface area contributed by atoms with Gasteiger partial charge in [-0.15, -0.1) is 0 Å². The number of nitrogens with zero attached hydrogens (tertiary/aromatic N) is 5. The summed E-state index contributed by atoms with van der Waals surface area (Å²) in [5, 5.41) is 19.6. The highest BCUT2D eigenvalue weighted by Crippen LogP contribution is 2.32. The van der Waals surface area contributed by atoms with Gasteiger partial charge in [-0.2, -0.15) is 0 Å². The molecule has 0 saturated carbocycles. The molecule has 0 atom stereocenters. The zero-order chi connectivity index (χ0) is 27.6. The number of aromatic nitrogens is 4. The molecule has 10 nitrogen and oxygen atoms in total. The van der Waals surface area contributed by atoms with Gasteiger partial charge >= 0.3 is 11.9 Å². The Labute approximate surface area is 228 Å². The Morgan fingerprint density at radius 2 is 1.64 bits per heavy atom. The molecule has 1 aliphatic heterocycles. The molecule has 2 aromatic carbocycles. The topological polar surface area (TPSA) is 133 Å². The fourth-order valence-electron chi connectivity index (χ4n) is 4.18. The molecule has 0 aliphatic carbocycles. The van der Waals surface area contributed by atoms with Gasteiger partial charge in [0, 0.05) is 30.7 Å². The van der Waals surface area contributed by atoms with Crippen LogP contribution in [0.1, 0.15) is 18.4 Å². The number of hydrogen-bond acceptors (Lipinski definition) is 8. The summed E-state index contributed by atoms with van der Waals surface area (Å²) >= 11 is 1.88. The highest BCUT2D eigenvalue weighted by Gasteiger charge is 2.23. The molecule has 0 amide bonds. The summed E-state index contributed by atoms with van der Waals surface area (Å²) in [5.74, 6) is -3.17. The molecule has 3 N–H and O–H groups in total. The van der Waals surface area contributed by atoms with E-state index in [1.165, 1.54) is 12.1 Å². The maximum atomic E-state index is 13.4. The number of nitrogens with one attached hydrogen (secondary N) is 1. The molecule has 0 unspecified atom stereocenters. The number of likely N-dealkylation sites (tertiary alicyclic amines) is 1. The normalized spacial score (nSPS) is 14.0. The summed E-state index contributed by atoms with van der Waals surface area (Å²) in [6.07, 6.45) is 5.77. The first-order valence-electron chi connectivity index (χ1n) is 12.4. The van der Waals surface area contributed by atoms with Gasteiger partial charge in [0.1, 0.15) is 5.82 Å². The second-order valence-electron chi connectivity index (χ2n) is 8.86. The molecular formula is C27H29FN6O4S. The van der Waals surface area contributed by atoms with Crippen LogP contribution in [0, 0.1) is 5.82 Å². The molecule has 5 rings (SSSR count). The van der Waals surface area contributed by atoms with Crippen LogP contribution in [0.25, 0.3) is 11.0 Å². The Morgan fingerprint density at radius 1 is 0.974 bits per heavy atom. The SMILES string of the molecule is Fc1ccc(Cn2c(SC3CCN(CCNc4ncccn4)CC3)nc3ccccc32)cc1.O=C(O)C(=O)O. The summed E-state index contributed by atoms with van der Waals surface area (Å²) in [5.41, 5.74) is 3.20. The number of carbonyl (C=O) groups is 2. The van der Waals surface area contributed by atoms with Crippen molar-refractivity contribution >= 4 is 40.7 Å². The van der Waals surface area contributed by atoms with E-state index in [1.807, 2.05) is 42.1 Å². The second-order valence-corrected chi connectivity index (χ2v) is 10.1. The number of carboxylic acid groups (broad SMARTS) is 2. The van der Waals surface area contributed by atoms with Crippen LogP contribution in [0.5, 0.6) is 0 Å². The van der Waals surface area contributed by atoms with E-state index < -0.39 is 11.9 Å². The Kier molecular flexibility index (Phi) is 9.81. The molecule has 0 spiro atoms. The fraction of sp³-hybridized carbons (Fsp3) is 0.296. The molecule has 3 heterocycles. The molecular weight excluding hydrogens is 523 g/mol. The summed E-state index contributed by atoms with van der Waals surface area (Å²) in [7, 11) is 0. The molecule has 1 saturated heterocycles. The van der Waals surface area contributed by atoms with Crippen molar-refractivity contribution in [1.29, 1.82) is 0 Å². The van der Waals surface area contributed by atoms with E-state index in [0.29, 0.717) is 17.7 Å². The molecule has 2 aromatic heterocycles. The number of hydrogen-bond donors (Lipinski definition) is 3. The third-order valence-corrected chi connectivity index (χ3v) is 7.47. The number of piperidine rings is 1. The lowest BCUT2D eigenvalue weighted by atomic mass is 10.1. The third-order valence-electron chi connectivity index (χ3n) is 6.14. The van der Waals surface area contributed by atoms with Crippen LogP contribution in [-0.4, -0.2) is 78.0 Å². The van der Waals surface area contributed by atoms with E-state index in [4.69, 9.17) is 24.8 Å². The average molecular weight is 553 g/mol. The van der Waals surface area contributed by atoms with Crippen molar-refractivity contribution in [3.05, 3.63) is 78.4 Å². The van der Waals surface area contributed by atoms with E-state index in [0.717, 1.165) is 60.8 Å². The number of anilines is 1. The van der Waals surface area contributed by atoms with Crippen molar-refractivity contribution in [1.82, 2.24) is 24.4 Å². The van der Waals surface area contributed by atoms with E-state index in [-0.39, 0.29) is 5.82 Å². The molecule has 4 aromatic rings. The van der Waals surface area contributed by atoms with Crippen molar-refractivity contribution in [3.63, 3.8) is 0 Å². The number of benzene rings is 2. The first-order chi connectivity index (χ1) is 18.9. The van der Waals surface area contributed by atoms with Gasteiger partial charge in [-0.3, -0.25) is 0 Å². The Hall–Kier alpha value is -4.03. The zero-order valence-corrected chi connectivity index (χ0v) is 21.9. The number of thioether (sulfide) groups is 1. The van der Waals surface area contributed by atoms with Gasteiger partial charge in [0.2, 0.25) is 5.95 Å². The maximum Gasteiger partial charge on any atom is 0.414 e. The van der Waals surface area contributed by atoms with E-state index in [9.17, 15) is 4.39 Å². The quantitative estimate of drug-likeness (QED) is 0.277. The molecule has 1 fully saturated rings. The van der Waals surface area contributed by atoms with Gasteiger partial charge in [0.15, 0.2) is 5.16 Å². The van der Waals surface area contributed by atoms with Crippen LogP contribution in [0.2, 0.25) is 0 Å². The minimum atomic E-state index is -1.82. The Morgan fingerprint density at radius 3 is 2.31 bits per heavy atom. The minimum absolute atomic E-state index is 0.206. The predicted octanol–water partition coefficient (Wildman–Crippen LogP) is 3.84. The van der Waals surface area contributed by atoms with Gasteiger partial charge in [0.25, 0.3) is 0 Å². The van der Waals surface area contributed by atoms with Crippen molar-refractivity contribution in [2.45, 2.75) is 29.8 Å². The van der Waals surface area contributed by atoms with Gasteiger partial charge < -0.3 is 25.0 Å². The van der Waals surface area contributed by atoms with E-state index >= 15 is 0 Å². The Bertz CT molecular complexity index is 1370. The lowest BCUT2D eigenvalue weighted by molar-refractivity contribution is -0.159. The van der Waals surface area contributed by atoms with E-state index in [2.05, 4.69) is 36.9 Å². The van der Waals surface area contributed by atoms with Crippen LogP contribution in [0.3, 0.4) is 0 Å². The Balaban J connectivity index is 0.000000531. The van der Waals surface area contributed by atoms with Crippen LogP contribution in [0.15, 0.2) is 72.1 Å². The molecule has 12 heteroatoms. The lowest BCUT2D eigenvalue weighted by Crippen LogP contribution is -2.37. The summed E-state index contributed by atoms with van der Waals surface area (Å²) in [4.78, 5) is 34.0. The first-order valence-corrected chi connectivity index (χ1v) is 13.3. The van der Waals surface area contributed by atoms with Gasteiger partial charge in [0.05, 0.1) is 17.6 Å². The van der Waals surface area contributed by atoms with E-state index in [1.54, 1.807) is 12.4 Å². The molecule has 39 heavy (non-hydrogen) atoms. The number of carboxylic acids is 2. The van der Waals surface area contributed by atoms with Gasteiger partial charge in [-0.25, -0.2) is 28.9 Å². The maximum absolute atomic E-state index is 13.4. The zero-order valence-electron chi connectivity index (χ0n) is 21.1.